The van der Waals surface area contributed by atoms with Gasteiger partial charge in [-0.1, -0.05) is 26.2 Å². The van der Waals surface area contributed by atoms with Crippen molar-refractivity contribution < 1.29 is 4.74 Å². The maximum atomic E-state index is 5.88. The third kappa shape index (κ3) is 3.44. The molecule has 0 aromatic carbocycles. The number of nitrogens with zero attached hydrogens (tertiary/aromatic N) is 1. The first-order valence-corrected chi connectivity index (χ1v) is 7.21. The molecular formula is C14H31N3O. The Morgan fingerprint density at radius 2 is 1.89 bits per heavy atom. The average molecular weight is 257 g/mol. The van der Waals surface area contributed by atoms with Crippen LogP contribution in [0.5, 0.6) is 0 Å². The number of hydrogen-bond donors (Lipinski definition) is 2. The molecule has 18 heavy (non-hydrogen) atoms. The van der Waals surface area contributed by atoms with Gasteiger partial charge in [0.05, 0.1) is 0 Å². The lowest BCUT2D eigenvalue weighted by Crippen LogP contribution is -2.63. The lowest BCUT2D eigenvalue weighted by atomic mass is 9.71. The van der Waals surface area contributed by atoms with Crippen LogP contribution in [0.25, 0.3) is 0 Å². The minimum absolute atomic E-state index is 0.208. The number of nitrogens with two attached hydrogens (primary N) is 1. The Hall–Kier alpha value is -0.160. The molecule has 0 radical (unpaired) electrons. The number of hydrogen-bond acceptors (Lipinski definition) is 4. The minimum Gasteiger partial charge on any atom is -0.385 e. The van der Waals surface area contributed by atoms with Crippen molar-refractivity contribution in [3.63, 3.8) is 0 Å². The number of nitrogens with one attached hydrogen (secondary N) is 1. The molecule has 0 amide bonds. The summed E-state index contributed by atoms with van der Waals surface area (Å²) in [4.78, 5) is 2.39. The summed E-state index contributed by atoms with van der Waals surface area (Å²) in [6, 6.07) is 0.336. The van der Waals surface area contributed by atoms with Gasteiger partial charge in [0, 0.05) is 25.3 Å². The van der Waals surface area contributed by atoms with Gasteiger partial charge in [0.25, 0.3) is 0 Å². The van der Waals surface area contributed by atoms with Crippen molar-refractivity contribution >= 4 is 0 Å². The van der Waals surface area contributed by atoms with Gasteiger partial charge in [-0.3, -0.25) is 11.3 Å². The van der Waals surface area contributed by atoms with Gasteiger partial charge in [0.15, 0.2) is 0 Å². The van der Waals surface area contributed by atoms with Crippen LogP contribution in [-0.2, 0) is 4.74 Å². The van der Waals surface area contributed by atoms with Gasteiger partial charge in [0.2, 0.25) is 0 Å². The second-order valence-corrected chi connectivity index (χ2v) is 5.96. The third-order valence-corrected chi connectivity index (χ3v) is 4.71. The molecule has 4 nitrogen and oxygen atoms in total. The smallest absolute Gasteiger partial charge is 0.0465 e. The maximum Gasteiger partial charge on any atom is 0.0465 e. The topological polar surface area (TPSA) is 50.5 Å². The molecule has 3 N–H and O–H groups in total. The van der Waals surface area contributed by atoms with E-state index < -0.39 is 0 Å². The Morgan fingerprint density at radius 1 is 1.28 bits per heavy atom. The van der Waals surface area contributed by atoms with Crippen molar-refractivity contribution in [3.8, 4) is 0 Å². The lowest BCUT2D eigenvalue weighted by molar-refractivity contribution is 0.0284. The van der Waals surface area contributed by atoms with Crippen LogP contribution in [0.4, 0.5) is 0 Å². The van der Waals surface area contributed by atoms with Crippen LogP contribution >= 0.6 is 0 Å². The Kier molecular flexibility index (Phi) is 6.57. The molecule has 0 aromatic rings. The predicted octanol–water partition coefficient (Wildman–Crippen LogP) is 1.76. The molecule has 108 valence electrons. The second-order valence-electron chi connectivity index (χ2n) is 5.96. The van der Waals surface area contributed by atoms with Crippen molar-refractivity contribution in [1.29, 1.82) is 0 Å². The van der Waals surface area contributed by atoms with E-state index >= 15 is 0 Å². The second kappa shape index (κ2) is 7.43. The highest BCUT2D eigenvalue weighted by atomic mass is 16.5. The van der Waals surface area contributed by atoms with E-state index in [0.29, 0.717) is 12.0 Å². The molecule has 0 spiro atoms. The molecule has 1 fully saturated rings. The SMILES string of the molecule is COCCC(C)C(NN)C1(N(C)C)CCCCC1. The van der Waals surface area contributed by atoms with Crippen molar-refractivity contribution in [2.75, 3.05) is 27.8 Å². The van der Waals surface area contributed by atoms with Gasteiger partial charge >= 0.3 is 0 Å². The molecule has 1 saturated carbocycles. The average Bonchev–Trinajstić information content (AvgIpc) is 2.38. The van der Waals surface area contributed by atoms with Crippen molar-refractivity contribution in [2.24, 2.45) is 11.8 Å². The van der Waals surface area contributed by atoms with Crippen molar-refractivity contribution in [1.82, 2.24) is 10.3 Å². The summed E-state index contributed by atoms with van der Waals surface area (Å²) in [6.07, 6.45) is 7.53. The van der Waals surface area contributed by atoms with Crippen LogP contribution < -0.4 is 11.3 Å². The van der Waals surface area contributed by atoms with Crippen molar-refractivity contribution in [3.05, 3.63) is 0 Å². The highest BCUT2D eigenvalue weighted by Crippen LogP contribution is 2.38. The number of likely N-dealkylation sites (N-methyl/N-ethyl adjacent to an activating group) is 1. The summed E-state index contributed by atoms with van der Waals surface area (Å²) in [5, 5.41) is 0. The highest BCUT2D eigenvalue weighted by Gasteiger charge is 2.43. The van der Waals surface area contributed by atoms with E-state index in [9.17, 15) is 0 Å². The first kappa shape index (κ1) is 15.9. The fourth-order valence-electron chi connectivity index (χ4n) is 3.52. The van der Waals surface area contributed by atoms with Crippen LogP contribution in [0.3, 0.4) is 0 Å². The molecule has 0 aliphatic heterocycles. The molecule has 4 heteroatoms. The monoisotopic (exact) mass is 257 g/mol. The zero-order valence-corrected chi connectivity index (χ0v) is 12.5. The summed E-state index contributed by atoms with van der Waals surface area (Å²) in [5.74, 6) is 6.41. The summed E-state index contributed by atoms with van der Waals surface area (Å²) in [5.41, 5.74) is 3.31. The molecule has 1 rings (SSSR count). The molecular weight excluding hydrogens is 226 g/mol. The van der Waals surface area contributed by atoms with Crippen LogP contribution in [0.1, 0.15) is 45.4 Å². The predicted molar refractivity (Wildman–Crippen MR) is 76.3 cm³/mol. The number of rotatable bonds is 7. The molecule has 0 aromatic heterocycles. The fraction of sp³-hybridized carbons (Fsp3) is 1.00. The van der Waals surface area contributed by atoms with Gasteiger partial charge in [-0.15, -0.1) is 0 Å². The lowest BCUT2D eigenvalue weighted by Gasteiger charge is -2.50. The van der Waals surface area contributed by atoms with Gasteiger partial charge in [-0.2, -0.15) is 0 Å². The summed E-state index contributed by atoms with van der Waals surface area (Å²) in [6.45, 7) is 3.09. The van der Waals surface area contributed by atoms with Crippen LogP contribution in [0.2, 0.25) is 0 Å². The van der Waals surface area contributed by atoms with E-state index in [4.69, 9.17) is 10.6 Å². The van der Waals surface area contributed by atoms with E-state index in [1.807, 2.05) is 0 Å². The first-order chi connectivity index (χ1) is 8.58. The van der Waals surface area contributed by atoms with E-state index in [1.54, 1.807) is 7.11 Å². The van der Waals surface area contributed by atoms with Crippen molar-refractivity contribution in [2.45, 2.75) is 57.0 Å². The summed E-state index contributed by atoms with van der Waals surface area (Å²) in [7, 11) is 6.15. The molecule has 2 unspecified atom stereocenters. The highest BCUT2D eigenvalue weighted by molar-refractivity contribution is 5.01. The zero-order chi connectivity index (χ0) is 13.6. The summed E-state index contributed by atoms with van der Waals surface area (Å²) < 4.78 is 5.21. The molecule has 0 heterocycles. The fourth-order valence-corrected chi connectivity index (χ4v) is 3.52. The number of hydrazine groups is 1. The standard InChI is InChI=1S/C14H31N3O/c1-12(8-11-18-4)13(16-15)14(17(2)3)9-6-5-7-10-14/h12-13,16H,5-11,15H2,1-4H3. The Bertz CT molecular complexity index is 227. The summed E-state index contributed by atoms with van der Waals surface area (Å²) >= 11 is 0. The van der Waals surface area contributed by atoms with E-state index in [-0.39, 0.29) is 5.54 Å². The van der Waals surface area contributed by atoms with Gasteiger partial charge in [-0.25, -0.2) is 0 Å². The van der Waals surface area contributed by atoms with E-state index in [0.717, 1.165) is 13.0 Å². The third-order valence-electron chi connectivity index (χ3n) is 4.71. The number of methoxy groups -OCH3 is 1. The van der Waals surface area contributed by atoms with Crippen LogP contribution in [-0.4, -0.2) is 44.3 Å². The maximum absolute atomic E-state index is 5.88. The van der Waals surface area contributed by atoms with Gasteiger partial charge in [0.1, 0.15) is 0 Å². The normalized spacial score (nSPS) is 23.0. The van der Waals surface area contributed by atoms with Gasteiger partial charge in [-0.05, 0) is 39.3 Å². The van der Waals surface area contributed by atoms with Crippen LogP contribution in [0, 0.1) is 5.92 Å². The largest absolute Gasteiger partial charge is 0.385 e. The Morgan fingerprint density at radius 3 is 2.33 bits per heavy atom. The molecule has 0 bridgehead atoms. The first-order valence-electron chi connectivity index (χ1n) is 7.21. The van der Waals surface area contributed by atoms with Crippen LogP contribution in [0.15, 0.2) is 0 Å². The molecule has 1 aliphatic rings. The molecule has 2 atom stereocenters. The van der Waals surface area contributed by atoms with E-state index in [1.165, 1.54) is 32.1 Å². The number of ether oxygens (including phenoxy) is 1. The minimum atomic E-state index is 0.208. The van der Waals surface area contributed by atoms with Gasteiger partial charge < -0.3 is 9.64 Å². The molecule has 1 aliphatic carbocycles. The molecule has 0 saturated heterocycles. The zero-order valence-electron chi connectivity index (χ0n) is 12.5. The Labute approximate surface area is 112 Å². The van der Waals surface area contributed by atoms with E-state index in [2.05, 4.69) is 31.3 Å². The Balaban J connectivity index is 2.79. The quantitative estimate of drug-likeness (QED) is 0.539.